The molecule has 2 aliphatic rings. The van der Waals surface area contributed by atoms with Gasteiger partial charge in [-0.1, -0.05) is 0 Å². The fourth-order valence-electron chi connectivity index (χ4n) is 1.54. The van der Waals surface area contributed by atoms with Gasteiger partial charge in [-0.2, -0.15) is 16.8 Å². The molecule has 100 valence electrons. The van der Waals surface area contributed by atoms with Crippen molar-refractivity contribution >= 4 is 20.2 Å². The Morgan fingerprint density at radius 2 is 1.24 bits per heavy atom. The Morgan fingerprint density at radius 1 is 0.824 bits per heavy atom. The van der Waals surface area contributed by atoms with Crippen LogP contribution in [0.3, 0.4) is 0 Å². The lowest BCUT2D eigenvalue weighted by Crippen LogP contribution is -2.49. The quantitative estimate of drug-likeness (QED) is 0.548. The molecule has 0 radical (unpaired) electrons. The number of hydrogen-bond donors (Lipinski definition) is 0. The predicted octanol–water partition coefficient (Wildman–Crippen LogP) is -1.82. The first-order chi connectivity index (χ1) is 7.86. The van der Waals surface area contributed by atoms with Crippen LogP contribution in [0.1, 0.15) is 0 Å². The largest absolute Gasteiger partial charge is 0.269 e. The van der Waals surface area contributed by atoms with Gasteiger partial charge in [0.1, 0.15) is 13.5 Å². The molecule has 0 spiro atoms. The molecule has 0 aromatic heterocycles. The van der Waals surface area contributed by atoms with Crippen LogP contribution in [0.4, 0.5) is 0 Å². The van der Waals surface area contributed by atoms with Crippen LogP contribution < -0.4 is 0 Å². The van der Waals surface area contributed by atoms with E-state index < -0.39 is 20.2 Å². The molecule has 0 aliphatic carbocycles. The van der Waals surface area contributed by atoms with E-state index in [4.69, 9.17) is 0 Å². The van der Waals surface area contributed by atoms with Crippen LogP contribution in [0, 0.1) is 0 Å². The Kier molecular flexibility index (Phi) is 3.71. The maximum atomic E-state index is 11.0. The lowest BCUT2D eigenvalue weighted by atomic mass is 10.5. The number of hydrogen-bond acceptors (Lipinski definition) is 8. The minimum absolute atomic E-state index is 0.00554. The average molecular weight is 286 g/mol. The Balaban J connectivity index is 1.80. The first-order valence-electron chi connectivity index (χ1n) is 5.05. The molecule has 17 heavy (non-hydrogen) atoms. The minimum atomic E-state index is -3.36. The third-order valence-corrected chi connectivity index (χ3v) is 4.84. The zero-order chi connectivity index (χ0) is 12.5. The van der Waals surface area contributed by atoms with Crippen LogP contribution in [0.2, 0.25) is 0 Å². The molecule has 0 aromatic rings. The molecule has 8 nitrogen and oxygen atoms in total. The second-order valence-electron chi connectivity index (χ2n) is 3.95. The monoisotopic (exact) mass is 286 g/mol. The smallest absolute Gasteiger partial charge is 0.265 e. The van der Waals surface area contributed by atoms with Crippen molar-refractivity contribution in [1.82, 2.24) is 9.80 Å². The highest BCUT2D eigenvalue weighted by molar-refractivity contribution is 7.87. The van der Waals surface area contributed by atoms with Crippen molar-refractivity contribution in [3.05, 3.63) is 0 Å². The Hall–Kier alpha value is -0.260. The highest BCUT2D eigenvalue weighted by atomic mass is 32.2. The van der Waals surface area contributed by atoms with E-state index in [1.165, 1.54) is 0 Å². The standard InChI is InChI=1S/C7H14N2O6S2/c10-16(11)3-1-8(6-14-16)5-9-2-4-17(12,13)15-7-9/h1-7H2. The van der Waals surface area contributed by atoms with E-state index in [-0.39, 0.29) is 25.0 Å². The molecule has 0 unspecified atom stereocenters. The third kappa shape index (κ3) is 3.86. The highest BCUT2D eigenvalue weighted by Crippen LogP contribution is 2.10. The van der Waals surface area contributed by atoms with Crippen molar-refractivity contribution in [3.8, 4) is 0 Å². The molecule has 2 fully saturated rings. The third-order valence-electron chi connectivity index (χ3n) is 2.54. The van der Waals surface area contributed by atoms with E-state index >= 15 is 0 Å². The molecule has 0 atom stereocenters. The lowest BCUT2D eigenvalue weighted by Gasteiger charge is -2.33. The fourth-order valence-corrected chi connectivity index (χ4v) is 3.36. The van der Waals surface area contributed by atoms with E-state index in [1.54, 1.807) is 9.80 Å². The first kappa shape index (κ1) is 13.2. The summed E-state index contributed by atoms with van der Waals surface area (Å²) in [5.74, 6) is -0.0833. The van der Waals surface area contributed by atoms with Gasteiger partial charge in [-0.15, -0.1) is 0 Å². The maximum Gasteiger partial charge on any atom is 0.269 e. The Bertz CT molecular complexity index is 401. The van der Waals surface area contributed by atoms with Crippen molar-refractivity contribution in [2.24, 2.45) is 0 Å². The molecular formula is C7H14N2O6S2. The number of nitrogens with zero attached hydrogens (tertiary/aromatic N) is 2. The molecule has 0 amide bonds. The number of rotatable bonds is 2. The van der Waals surface area contributed by atoms with Crippen molar-refractivity contribution in [2.75, 3.05) is 44.7 Å². The van der Waals surface area contributed by atoms with Crippen LogP contribution in [0.15, 0.2) is 0 Å². The van der Waals surface area contributed by atoms with Crippen LogP contribution in [-0.4, -0.2) is 71.4 Å². The summed E-state index contributed by atoms with van der Waals surface area (Å²) < 4.78 is 53.4. The lowest BCUT2D eigenvalue weighted by molar-refractivity contribution is 0.0203. The molecule has 2 heterocycles. The molecule has 2 saturated heterocycles. The van der Waals surface area contributed by atoms with Crippen molar-refractivity contribution in [3.63, 3.8) is 0 Å². The molecule has 0 N–H and O–H groups in total. The first-order valence-corrected chi connectivity index (χ1v) is 8.21. The summed E-state index contributed by atoms with van der Waals surface area (Å²) >= 11 is 0. The van der Waals surface area contributed by atoms with Gasteiger partial charge in [0.2, 0.25) is 0 Å². The van der Waals surface area contributed by atoms with Crippen molar-refractivity contribution in [1.29, 1.82) is 0 Å². The molecule has 0 saturated carbocycles. The topological polar surface area (TPSA) is 93.2 Å². The van der Waals surface area contributed by atoms with E-state index in [0.29, 0.717) is 19.8 Å². The summed E-state index contributed by atoms with van der Waals surface area (Å²) in [5, 5.41) is 0. The van der Waals surface area contributed by atoms with Gasteiger partial charge in [0.05, 0.1) is 18.2 Å². The Labute approximate surface area is 100 Å². The highest BCUT2D eigenvalue weighted by Gasteiger charge is 2.27. The Morgan fingerprint density at radius 3 is 1.53 bits per heavy atom. The summed E-state index contributed by atoms with van der Waals surface area (Å²) in [6.45, 7) is 1.21. The van der Waals surface area contributed by atoms with Gasteiger partial charge >= 0.3 is 0 Å². The van der Waals surface area contributed by atoms with Crippen molar-refractivity contribution < 1.29 is 25.2 Å². The minimum Gasteiger partial charge on any atom is -0.265 e. The predicted molar refractivity (Wildman–Crippen MR) is 57.8 cm³/mol. The van der Waals surface area contributed by atoms with E-state index in [0.717, 1.165) is 0 Å². The summed E-state index contributed by atoms with van der Waals surface area (Å²) in [5.41, 5.74) is 0. The summed E-state index contributed by atoms with van der Waals surface area (Å²) in [6.07, 6.45) is 0. The van der Waals surface area contributed by atoms with Crippen LogP contribution >= 0.6 is 0 Å². The normalized spacial score (nSPS) is 30.1. The van der Waals surface area contributed by atoms with Crippen molar-refractivity contribution in [2.45, 2.75) is 0 Å². The second-order valence-corrected chi connectivity index (χ2v) is 7.47. The molecule has 0 bridgehead atoms. The average Bonchev–Trinajstić information content (AvgIpc) is 2.24. The zero-order valence-electron chi connectivity index (χ0n) is 9.11. The summed E-state index contributed by atoms with van der Waals surface area (Å²) in [7, 11) is -6.72. The molecule has 10 heteroatoms. The SMILES string of the molecule is O=S1(=O)CCN(CN2CCS(=O)(=O)OC2)CO1. The van der Waals surface area contributed by atoms with Gasteiger partial charge in [0.25, 0.3) is 20.2 Å². The molecule has 2 rings (SSSR count). The zero-order valence-corrected chi connectivity index (χ0v) is 10.7. The summed E-state index contributed by atoms with van der Waals surface area (Å²) in [4.78, 5) is 3.56. The maximum absolute atomic E-state index is 11.0. The van der Waals surface area contributed by atoms with E-state index in [1.807, 2.05) is 0 Å². The van der Waals surface area contributed by atoms with Gasteiger partial charge in [-0.25, -0.2) is 0 Å². The van der Waals surface area contributed by atoms with Gasteiger partial charge in [0, 0.05) is 13.1 Å². The molecular weight excluding hydrogens is 272 g/mol. The fraction of sp³-hybridized carbons (Fsp3) is 1.00. The second kappa shape index (κ2) is 4.78. The van der Waals surface area contributed by atoms with E-state index in [9.17, 15) is 16.8 Å². The molecule has 2 aliphatic heterocycles. The van der Waals surface area contributed by atoms with Gasteiger partial charge in [0.15, 0.2) is 0 Å². The molecule has 0 aromatic carbocycles. The van der Waals surface area contributed by atoms with Crippen LogP contribution in [-0.2, 0) is 28.6 Å². The van der Waals surface area contributed by atoms with Crippen LogP contribution in [0.25, 0.3) is 0 Å². The summed E-state index contributed by atoms with van der Waals surface area (Å²) in [6, 6.07) is 0. The van der Waals surface area contributed by atoms with E-state index in [2.05, 4.69) is 8.37 Å². The van der Waals surface area contributed by atoms with Gasteiger partial charge in [-0.3, -0.25) is 18.2 Å². The van der Waals surface area contributed by atoms with Gasteiger partial charge < -0.3 is 0 Å². The van der Waals surface area contributed by atoms with Crippen LogP contribution in [0.5, 0.6) is 0 Å². The van der Waals surface area contributed by atoms with Gasteiger partial charge in [-0.05, 0) is 0 Å².